The molecule has 0 saturated carbocycles. The molecule has 0 radical (unpaired) electrons. The van der Waals surface area contributed by atoms with E-state index in [4.69, 9.17) is 0 Å². The van der Waals surface area contributed by atoms with Gasteiger partial charge in [-0.15, -0.1) is 11.3 Å². The van der Waals surface area contributed by atoms with E-state index in [9.17, 15) is 19.5 Å². The Kier molecular flexibility index (Phi) is 6.35. The number of amides is 1. The molecule has 1 amide bonds. The van der Waals surface area contributed by atoms with Gasteiger partial charge in [-0.05, 0) is 44.4 Å². The van der Waals surface area contributed by atoms with Gasteiger partial charge in [0, 0.05) is 13.6 Å². The Morgan fingerprint density at radius 2 is 1.81 bits per heavy atom. The summed E-state index contributed by atoms with van der Waals surface area (Å²) < 4.78 is 1.25. The molecular formula is C22H24N4O4S. The summed E-state index contributed by atoms with van der Waals surface area (Å²) in [6.07, 6.45) is 0. The summed E-state index contributed by atoms with van der Waals surface area (Å²) in [6, 6.07) is 7.53. The molecule has 162 valence electrons. The van der Waals surface area contributed by atoms with Crippen molar-refractivity contribution >= 4 is 23.2 Å². The molecule has 2 heterocycles. The van der Waals surface area contributed by atoms with Crippen LogP contribution in [0.5, 0.6) is 0 Å². The van der Waals surface area contributed by atoms with Crippen molar-refractivity contribution in [3.05, 3.63) is 67.6 Å². The number of carbonyl (C=O) groups is 2. The van der Waals surface area contributed by atoms with Crippen LogP contribution in [0.3, 0.4) is 0 Å². The van der Waals surface area contributed by atoms with Crippen molar-refractivity contribution in [3.8, 4) is 10.6 Å². The summed E-state index contributed by atoms with van der Waals surface area (Å²) in [7, 11) is 1.57. The fourth-order valence-electron chi connectivity index (χ4n) is 3.30. The lowest BCUT2D eigenvalue weighted by Crippen LogP contribution is -2.35. The largest absolute Gasteiger partial charge is 0.480 e. The van der Waals surface area contributed by atoms with Gasteiger partial charge in [0.1, 0.15) is 16.4 Å². The maximum Gasteiger partial charge on any atom is 0.323 e. The minimum atomic E-state index is -1.10. The fourth-order valence-corrected chi connectivity index (χ4v) is 4.43. The van der Waals surface area contributed by atoms with Gasteiger partial charge in [-0.1, -0.05) is 24.3 Å². The van der Waals surface area contributed by atoms with Crippen LogP contribution in [0.25, 0.3) is 10.6 Å². The summed E-state index contributed by atoms with van der Waals surface area (Å²) in [4.78, 5) is 43.5. The standard InChI is InChI=1S/C22H24N4O4S/c1-12-8-6-7-9-16(12)10-26(11-17(27)28)22(30)19-15(4)23-20(31-19)18-13(2)14(3)24-25(5)21(18)29/h6-9H,10-11H2,1-5H3,(H,27,28). The number of aliphatic carboxylic acids is 1. The van der Waals surface area contributed by atoms with Crippen molar-refractivity contribution < 1.29 is 14.7 Å². The zero-order chi connectivity index (χ0) is 22.9. The van der Waals surface area contributed by atoms with Crippen molar-refractivity contribution in [3.63, 3.8) is 0 Å². The van der Waals surface area contributed by atoms with Gasteiger partial charge in [0.25, 0.3) is 11.5 Å². The van der Waals surface area contributed by atoms with E-state index < -0.39 is 18.4 Å². The Bertz CT molecular complexity index is 1230. The molecule has 2 aromatic heterocycles. The van der Waals surface area contributed by atoms with Crippen LogP contribution >= 0.6 is 11.3 Å². The maximum absolute atomic E-state index is 13.3. The number of carboxylic acid groups (broad SMARTS) is 1. The number of aryl methyl sites for hydroxylation is 4. The second-order valence-corrected chi connectivity index (χ2v) is 8.43. The Morgan fingerprint density at radius 3 is 2.45 bits per heavy atom. The van der Waals surface area contributed by atoms with Crippen molar-refractivity contribution in [2.75, 3.05) is 6.54 Å². The summed E-state index contributed by atoms with van der Waals surface area (Å²) >= 11 is 1.10. The van der Waals surface area contributed by atoms with Crippen LogP contribution in [-0.2, 0) is 18.4 Å². The van der Waals surface area contributed by atoms with Gasteiger partial charge in [-0.2, -0.15) is 5.10 Å². The number of carboxylic acids is 1. The minimum Gasteiger partial charge on any atom is -0.480 e. The van der Waals surface area contributed by atoms with Gasteiger partial charge < -0.3 is 10.0 Å². The Hall–Kier alpha value is -3.33. The van der Waals surface area contributed by atoms with Crippen LogP contribution in [0, 0.1) is 27.7 Å². The molecule has 0 aliphatic heterocycles. The van der Waals surface area contributed by atoms with E-state index >= 15 is 0 Å². The zero-order valence-corrected chi connectivity index (χ0v) is 18.9. The highest BCUT2D eigenvalue weighted by Crippen LogP contribution is 2.30. The van der Waals surface area contributed by atoms with E-state index in [1.807, 2.05) is 38.1 Å². The second kappa shape index (κ2) is 8.81. The molecule has 0 atom stereocenters. The first-order valence-electron chi connectivity index (χ1n) is 9.68. The van der Waals surface area contributed by atoms with Crippen LogP contribution < -0.4 is 5.56 Å². The molecule has 0 aliphatic carbocycles. The van der Waals surface area contributed by atoms with Crippen LogP contribution in [0.4, 0.5) is 0 Å². The van der Waals surface area contributed by atoms with Crippen molar-refractivity contribution in [2.45, 2.75) is 34.2 Å². The van der Waals surface area contributed by atoms with Gasteiger partial charge in [0.15, 0.2) is 0 Å². The van der Waals surface area contributed by atoms with E-state index in [1.54, 1.807) is 20.9 Å². The van der Waals surface area contributed by atoms with E-state index in [0.717, 1.165) is 22.5 Å². The number of aromatic nitrogens is 3. The topological polar surface area (TPSA) is 105 Å². The van der Waals surface area contributed by atoms with Gasteiger partial charge in [-0.3, -0.25) is 14.4 Å². The maximum atomic E-state index is 13.3. The van der Waals surface area contributed by atoms with E-state index in [-0.39, 0.29) is 12.1 Å². The zero-order valence-electron chi connectivity index (χ0n) is 18.1. The summed E-state index contributed by atoms with van der Waals surface area (Å²) in [6.45, 7) is 6.94. The molecule has 8 nitrogen and oxygen atoms in total. The lowest BCUT2D eigenvalue weighted by atomic mass is 10.1. The van der Waals surface area contributed by atoms with Gasteiger partial charge in [0.2, 0.25) is 0 Å². The third-order valence-electron chi connectivity index (χ3n) is 5.17. The molecule has 0 aliphatic rings. The van der Waals surface area contributed by atoms with Gasteiger partial charge in [-0.25, -0.2) is 9.67 Å². The average molecular weight is 441 g/mol. The molecule has 1 N–H and O–H groups in total. The molecule has 0 fully saturated rings. The highest BCUT2D eigenvalue weighted by Gasteiger charge is 2.26. The highest BCUT2D eigenvalue weighted by atomic mass is 32.1. The molecule has 0 saturated heterocycles. The minimum absolute atomic E-state index is 0.166. The lowest BCUT2D eigenvalue weighted by Gasteiger charge is -2.21. The molecule has 31 heavy (non-hydrogen) atoms. The summed E-state index contributed by atoms with van der Waals surface area (Å²) in [5.41, 5.74) is 3.82. The van der Waals surface area contributed by atoms with Gasteiger partial charge >= 0.3 is 5.97 Å². The normalized spacial score (nSPS) is 10.9. The smallest absolute Gasteiger partial charge is 0.323 e. The van der Waals surface area contributed by atoms with Crippen LogP contribution in [0.2, 0.25) is 0 Å². The predicted octanol–water partition coefficient (Wildman–Crippen LogP) is 2.86. The summed E-state index contributed by atoms with van der Waals surface area (Å²) in [5.74, 6) is -1.52. The Morgan fingerprint density at radius 1 is 1.13 bits per heavy atom. The van der Waals surface area contributed by atoms with Crippen LogP contribution in [0.1, 0.15) is 37.7 Å². The molecular weight excluding hydrogens is 416 g/mol. The molecule has 3 aromatic rings. The van der Waals surface area contributed by atoms with Crippen LogP contribution in [0.15, 0.2) is 29.1 Å². The van der Waals surface area contributed by atoms with E-state index in [0.29, 0.717) is 32.4 Å². The molecule has 0 spiro atoms. The Labute approximate surface area is 183 Å². The number of nitrogens with zero attached hydrogens (tertiary/aromatic N) is 4. The van der Waals surface area contributed by atoms with Crippen molar-refractivity contribution in [1.82, 2.24) is 19.7 Å². The first kappa shape index (κ1) is 22.4. The van der Waals surface area contributed by atoms with E-state index in [1.165, 1.54) is 9.58 Å². The molecule has 0 bridgehead atoms. The fraction of sp³-hybridized carbons (Fsp3) is 0.318. The Balaban J connectivity index is 2.03. The number of carbonyl (C=O) groups excluding carboxylic acids is 1. The van der Waals surface area contributed by atoms with Crippen molar-refractivity contribution in [2.24, 2.45) is 7.05 Å². The monoisotopic (exact) mass is 440 g/mol. The quantitative estimate of drug-likeness (QED) is 0.632. The number of thiazole rings is 1. The molecule has 1 aromatic carbocycles. The lowest BCUT2D eigenvalue weighted by molar-refractivity contribution is -0.137. The molecule has 3 rings (SSSR count). The summed E-state index contributed by atoms with van der Waals surface area (Å²) in [5, 5.41) is 14.0. The SMILES string of the molecule is Cc1ccccc1CN(CC(=O)O)C(=O)c1sc(-c2c(C)c(C)nn(C)c2=O)nc1C. The first-order chi connectivity index (χ1) is 14.6. The number of benzene rings is 1. The third kappa shape index (κ3) is 4.56. The number of rotatable bonds is 6. The third-order valence-corrected chi connectivity index (χ3v) is 6.33. The van der Waals surface area contributed by atoms with Gasteiger partial charge in [0.05, 0.1) is 17.0 Å². The number of hydrogen-bond acceptors (Lipinski definition) is 6. The van der Waals surface area contributed by atoms with E-state index in [2.05, 4.69) is 10.1 Å². The molecule has 0 unspecified atom stereocenters. The number of hydrogen-bond donors (Lipinski definition) is 1. The average Bonchev–Trinajstić information content (AvgIpc) is 3.08. The second-order valence-electron chi connectivity index (χ2n) is 7.43. The first-order valence-corrected chi connectivity index (χ1v) is 10.5. The molecule has 9 heteroatoms. The van der Waals surface area contributed by atoms with Crippen molar-refractivity contribution in [1.29, 1.82) is 0 Å². The van der Waals surface area contributed by atoms with Crippen LogP contribution in [-0.4, -0.2) is 43.2 Å². The predicted molar refractivity (Wildman–Crippen MR) is 118 cm³/mol. The highest BCUT2D eigenvalue weighted by molar-refractivity contribution is 7.17.